The van der Waals surface area contributed by atoms with Crippen LogP contribution in [0, 0.1) is 5.92 Å². The highest BCUT2D eigenvalue weighted by Gasteiger charge is 2.04. The Hall–Kier alpha value is -1.22. The molecule has 2 aromatic rings. The van der Waals surface area contributed by atoms with Gasteiger partial charge in [-0.3, -0.25) is 0 Å². The summed E-state index contributed by atoms with van der Waals surface area (Å²) < 4.78 is 5.75. The summed E-state index contributed by atoms with van der Waals surface area (Å²) in [6.07, 6.45) is 0. The van der Waals surface area contributed by atoms with Crippen molar-refractivity contribution in [1.82, 2.24) is 5.32 Å². The molecule has 0 amide bonds. The van der Waals surface area contributed by atoms with Crippen LogP contribution in [0.5, 0.6) is 11.5 Å². The van der Waals surface area contributed by atoms with Crippen molar-refractivity contribution in [1.29, 1.82) is 0 Å². The van der Waals surface area contributed by atoms with Gasteiger partial charge in [-0.05, 0) is 42.3 Å². The van der Waals surface area contributed by atoms with Gasteiger partial charge < -0.3 is 10.1 Å². The molecule has 0 fully saturated rings. The minimum atomic E-state index is 0.544. The van der Waals surface area contributed by atoms with Gasteiger partial charge in [-0.2, -0.15) is 0 Å². The van der Waals surface area contributed by atoms with E-state index in [-0.39, 0.29) is 0 Å². The van der Waals surface area contributed by atoms with E-state index in [2.05, 4.69) is 19.2 Å². The Morgan fingerprint density at radius 1 is 1.05 bits per heavy atom. The summed E-state index contributed by atoms with van der Waals surface area (Å²) in [7, 11) is 0. The smallest absolute Gasteiger partial charge is 0.147 e. The molecule has 4 heteroatoms. The molecule has 0 aliphatic rings. The maximum absolute atomic E-state index is 6.08. The average molecular weight is 324 g/mol. The SMILES string of the molecule is CC(C)CNCc1ccc(Oc2cc(Cl)ccc2Cl)cc1. The fraction of sp³-hybridized carbons (Fsp3) is 0.294. The van der Waals surface area contributed by atoms with Gasteiger partial charge in [-0.1, -0.05) is 49.2 Å². The topological polar surface area (TPSA) is 21.3 Å². The summed E-state index contributed by atoms with van der Waals surface area (Å²) in [5.41, 5.74) is 1.22. The van der Waals surface area contributed by atoms with Gasteiger partial charge in [0.25, 0.3) is 0 Å². The van der Waals surface area contributed by atoms with Gasteiger partial charge in [0.1, 0.15) is 11.5 Å². The Balaban J connectivity index is 1.97. The number of benzene rings is 2. The second kappa shape index (κ2) is 7.69. The molecule has 0 radical (unpaired) electrons. The van der Waals surface area contributed by atoms with Crippen LogP contribution >= 0.6 is 23.2 Å². The van der Waals surface area contributed by atoms with Crippen molar-refractivity contribution in [3.8, 4) is 11.5 Å². The molecule has 21 heavy (non-hydrogen) atoms. The minimum Gasteiger partial charge on any atom is -0.456 e. The van der Waals surface area contributed by atoms with E-state index in [1.54, 1.807) is 18.2 Å². The van der Waals surface area contributed by atoms with E-state index in [1.807, 2.05) is 24.3 Å². The molecular formula is C17H19Cl2NO. The van der Waals surface area contributed by atoms with E-state index < -0.39 is 0 Å². The third kappa shape index (κ3) is 5.24. The van der Waals surface area contributed by atoms with Crippen molar-refractivity contribution >= 4 is 23.2 Å². The normalized spacial score (nSPS) is 10.9. The molecule has 0 unspecified atom stereocenters. The van der Waals surface area contributed by atoms with Crippen molar-refractivity contribution in [2.24, 2.45) is 5.92 Å². The van der Waals surface area contributed by atoms with Crippen LogP contribution in [-0.2, 0) is 6.54 Å². The van der Waals surface area contributed by atoms with Gasteiger partial charge in [0.05, 0.1) is 5.02 Å². The van der Waals surface area contributed by atoms with Crippen LogP contribution in [0.4, 0.5) is 0 Å². The van der Waals surface area contributed by atoms with Crippen LogP contribution in [0.1, 0.15) is 19.4 Å². The highest BCUT2D eigenvalue weighted by molar-refractivity contribution is 6.34. The summed E-state index contributed by atoms with van der Waals surface area (Å²) in [6.45, 7) is 6.25. The molecule has 2 aromatic carbocycles. The first-order valence-corrected chi connectivity index (χ1v) is 7.73. The molecule has 2 nitrogen and oxygen atoms in total. The Kier molecular flexibility index (Phi) is 5.92. The Labute approximate surface area is 136 Å². The lowest BCUT2D eigenvalue weighted by molar-refractivity contribution is 0.482. The first kappa shape index (κ1) is 16.2. The molecule has 0 aliphatic heterocycles. The molecule has 0 saturated carbocycles. The monoisotopic (exact) mass is 323 g/mol. The van der Waals surface area contributed by atoms with Crippen molar-refractivity contribution in [2.75, 3.05) is 6.54 Å². The molecule has 112 valence electrons. The highest BCUT2D eigenvalue weighted by atomic mass is 35.5. The molecule has 0 atom stereocenters. The largest absolute Gasteiger partial charge is 0.456 e. The third-order valence-corrected chi connectivity index (χ3v) is 3.47. The minimum absolute atomic E-state index is 0.544. The summed E-state index contributed by atoms with van der Waals surface area (Å²) in [5, 5.41) is 4.55. The van der Waals surface area contributed by atoms with E-state index in [0.717, 1.165) is 18.8 Å². The van der Waals surface area contributed by atoms with Gasteiger partial charge in [-0.15, -0.1) is 0 Å². The molecule has 0 spiro atoms. The Bertz CT molecular complexity index is 582. The highest BCUT2D eigenvalue weighted by Crippen LogP contribution is 2.31. The molecule has 2 rings (SSSR count). The van der Waals surface area contributed by atoms with Gasteiger partial charge in [-0.25, -0.2) is 0 Å². The van der Waals surface area contributed by atoms with Crippen molar-refractivity contribution in [2.45, 2.75) is 20.4 Å². The number of hydrogen-bond acceptors (Lipinski definition) is 2. The predicted molar refractivity (Wildman–Crippen MR) is 89.5 cm³/mol. The summed E-state index contributed by atoms with van der Waals surface area (Å²) in [5.74, 6) is 1.96. The van der Waals surface area contributed by atoms with Gasteiger partial charge >= 0.3 is 0 Å². The Morgan fingerprint density at radius 2 is 1.76 bits per heavy atom. The van der Waals surface area contributed by atoms with E-state index in [4.69, 9.17) is 27.9 Å². The zero-order chi connectivity index (χ0) is 15.2. The predicted octanol–water partition coefficient (Wildman–Crippen LogP) is 5.53. The lowest BCUT2D eigenvalue weighted by atomic mass is 10.2. The summed E-state index contributed by atoms with van der Waals surface area (Å²) in [6, 6.07) is 13.1. The van der Waals surface area contributed by atoms with E-state index in [9.17, 15) is 0 Å². The lowest BCUT2D eigenvalue weighted by Gasteiger charge is -2.10. The fourth-order valence-electron chi connectivity index (χ4n) is 1.86. The van der Waals surface area contributed by atoms with Crippen LogP contribution in [-0.4, -0.2) is 6.54 Å². The average Bonchev–Trinajstić information content (AvgIpc) is 2.44. The second-order valence-corrected chi connectivity index (χ2v) is 6.19. The zero-order valence-corrected chi connectivity index (χ0v) is 13.7. The summed E-state index contributed by atoms with van der Waals surface area (Å²) in [4.78, 5) is 0. The van der Waals surface area contributed by atoms with Gasteiger partial charge in [0.2, 0.25) is 0 Å². The van der Waals surface area contributed by atoms with Crippen LogP contribution < -0.4 is 10.1 Å². The van der Waals surface area contributed by atoms with E-state index in [1.165, 1.54) is 5.56 Å². The van der Waals surface area contributed by atoms with E-state index >= 15 is 0 Å². The lowest BCUT2D eigenvalue weighted by Crippen LogP contribution is -2.18. The molecule has 0 bridgehead atoms. The van der Waals surface area contributed by atoms with Crippen LogP contribution in [0.25, 0.3) is 0 Å². The van der Waals surface area contributed by atoms with Gasteiger partial charge in [0, 0.05) is 17.6 Å². The number of ether oxygens (including phenoxy) is 1. The first-order chi connectivity index (χ1) is 10.0. The molecular weight excluding hydrogens is 305 g/mol. The zero-order valence-electron chi connectivity index (χ0n) is 12.2. The number of rotatable bonds is 6. The Morgan fingerprint density at radius 3 is 2.43 bits per heavy atom. The standard InChI is InChI=1S/C17H19Cl2NO/c1-12(2)10-20-11-13-3-6-15(7-4-13)21-17-9-14(18)5-8-16(17)19/h3-9,12,20H,10-11H2,1-2H3. The van der Waals surface area contributed by atoms with Crippen molar-refractivity contribution < 1.29 is 4.74 Å². The molecule has 0 saturated heterocycles. The molecule has 0 aliphatic carbocycles. The quantitative estimate of drug-likeness (QED) is 0.754. The first-order valence-electron chi connectivity index (χ1n) is 6.97. The maximum atomic E-state index is 6.08. The van der Waals surface area contributed by atoms with E-state index in [0.29, 0.717) is 21.7 Å². The third-order valence-electron chi connectivity index (χ3n) is 2.93. The van der Waals surface area contributed by atoms with Crippen LogP contribution in [0.2, 0.25) is 10.0 Å². The van der Waals surface area contributed by atoms with Crippen molar-refractivity contribution in [3.63, 3.8) is 0 Å². The molecule has 1 N–H and O–H groups in total. The van der Waals surface area contributed by atoms with Crippen LogP contribution in [0.15, 0.2) is 42.5 Å². The maximum Gasteiger partial charge on any atom is 0.147 e. The molecule has 0 aromatic heterocycles. The number of halogens is 2. The summed E-state index contributed by atoms with van der Waals surface area (Å²) >= 11 is 12.0. The molecule has 0 heterocycles. The number of nitrogens with one attached hydrogen (secondary N) is 1. The van der Waals surface area contributed by atoms with Crippen LogP contribution in [0.3, 0.4) is 0 Å². The number of hydrogen-bond donors (Lipinski definition) is 1. The fourth-order valence-corrected chi connectivity index (χ4v) is 2.18. The second-order valence-electron chi connectivity index (χ2n) is 5.35. The van der Waals surface area contributed by atoms with Gasteiger partial charge in [0.15, 0.2) is 0 Å². The van der Waals surface area contributed by atoms with Crippen molar-refractivity contribution in [3.05, 3.63) is 58.1 Å².